The largest absolute Gasteiger partial charge is 0.464 e. The van der Waals surface area contributed by atoms with Gasteiger partial charge in [0, 0.05) is 7.05 Å². The molecule has 0 bridgehead atoms. The van der Waals surface area contributed by atoms with Crippen molar-refractivity contribution in [2.45, 2.75) is 44.8 Å². The van der Waals surface area contributed by atoms with Crippen LogP contribution in [-0.2, 0) is 25.5 Å². The molecule has 0 saturated carbocycles. The molecule has 0 aliphatic carbocycles. The van der Waals surface area contributed by atoms with E-state index in [1.54, 1.807) is 20.9 Å². The van der Waals surface area contributed by atoms with E-state index in [1.165, 1.54) is 9.80 Å². The van der Waals surface area contributed by atoms with Crippen LogP contribution in [0.2, 0.25) is 0 Å². The van der Waals surface area contributed by atoms with Crippen LogP contribution in [0.5, 0.6) is 0 Å². The van der Waals surface area contributed by atoms with Gasteiger partial charge < -0.3 is 14.5 Å². The zero-order valence-corrected chi connectivity index (χ0v) is 16.3. The molecule has 4 amide bonds. The average molecular weight is 387 g/mol. The molecule has 0 radical (unpaired) electrons. The van der Waals surface area contributed by atoms with Crippen molar-refractivity contribution in [1.82, 2.24) is 14.7 Å². The van der Waals surface area contributed by atoms with E-state index in [9.17, 15) is 19.2 Å². The maximum Gasteiger partial charge on any atom is 0.328 e. The predicted octanol–water partition coefficient (Wildman–Crippen LogP) is 1.04. The monoisotopic (exact) mass is 387 g/mol. The number of hydrogen-bond donors (Lipinski definition) is 0. The molecule has 28 heavy (non-hydrogen) atoms. The Kier molecular flexibility index (Phi) is 5.67. The maximum absolute atomic E-state index is 13.2. The minimum absolute atomic E-state index is 0.126. The van der Waals surface area contributed by atoms with Crippen molar-refractivity contribution < 1.29 is 23.9 Å². The summed E-state index contributed by atoms with van der Waals surface area (Å²) in [6, 6.07) is 6.45. The van der Waals surface area contributed by atoms with Crippen molar-refractivity contribution in [2.24, 2.45) is 0 Å². The zero-order chi connectivity index (χ0) is 20.4. The number of imide groups is 1. The highest BCUT2D eigenvalue weighted by Gasteiger charge is 2.54. The first-order valence-corrected chi connectivity index (χ1v) is 9.47. The smallest absolute Gasteiger partial charge is 0.328 e. The van der Waals surface area contributed by atoms with Crippen molar-refractivity contribution in [3.8, 4) is 0 Å². The highest BCUT2D eigenvalue weighted by Crippen LogP contribution is 2.28. The lowest BCUT2D eigenvalue weighted by molar-refractivity contribution is -0.166. The van der Waals surface area contributed by atoms with Crippen LogP contribution < -0.4 is 0 Å². The second-order valence-corrected chi connectivity index (χ2v) is 7.10. The normalized spacial score (nSPS) is 23.1. The van der Waals surface area contributed by atoms with Crippen molar-refractivity contribution >= 4 is 23.8 Å². The highest BCUT2D eigenvalue weighted by molar-refractivity contribution is 6.08. The molecule has 8 nitrogen and oxygen atoms in total. The maximum atomic E-state index is 13.2. The van der Waals surface area contributed by atoms with Crippen LogP contribution in [0.25, 0.3) is 0 Å². The first-order valence-electron chi connectivity index (χ1n) is 9.47. The summed E-state index contributed by atoms with van der Waals surface area (Å²) < 4.78 is 5.20. The summed E-state index contributed by atoms with van der Waals surface area (Å²) in [6.07, 6.45) is 0.894. The van der Waals surface area contributed by atoms with E-state index < -0.39 is 41.9 Å². The molecule has 150 valence electrons. The van der Waals surface area contributed by atoms with Crippen LogP contribution in [0.3, 0.4) is 0 Å². The van der Waals surface area contributed by atoms with Gasteiger partial charge in [0.15, 0.2) is 0 Å². The molecular weight excluding hydrogens is 362 g/mol. The molecule has 2 aliphatic heterocycles. The Bertz CT molecular complexity index is 781. The second kappa shape index (κ2) is 8.00. The molecule has 2 aliphatic rings. The summed E-state index contributed by atoms with van der Waals surface area (Å²) in [6.45, 7) is 3.56. The number of ether oxygens (including phenoxy) is 1. The number of benzene rings is 1. The molecule has 3 atom stereocenters. The van der Waals surface area contributed by atoms with Gasteiger partial charge in [-0.15, -0.1) is 0 Å². The van der Waals surface area contributed by atoms with Crippen LogP contribution in [0.4, 0.5) is 4.79 Å². The molecule has 2 saturated heterocycles. The number of piperazine rings is 1. The summed E-state index contributed by atoms with van der Waals surface area (Å²) in [5, 5.41) is 0. The lowest BCUT2D eigenvalue weighted by Crippen LogP contribution is -2.66. The van der Waals surface area contributed by atoms with Gasteiger partial charge in [-0.1, -0.05) is 30.3 Å². The summed E-state index contributed by atoms with van der Waals surface area (Å²) in [4.78, 5) is 54.5. The third-order valence-electron chi connectivity index (χ3n) is 5.29. The number of rotatable bonds is 6. The fraction of sp³-hybridized carbons (Fsp3) is 0.500. The van der Waals surface area contributed by atoms with Gasteiger partial charge in [0.1, 0.15) is 18.1 Å². The Morgan fingerprint density at radius 1 is 1.18 bits per heavy atom. The number of carbonyl (C=O) groups is 4. The van der Waals surface area contributed by atoms with Crippen molar-refractivity contribution in [1.29, 1.82) is 0 Å². The second-order valence-electron chi connectivity index (χ2n) is 7.10. The summed E-state index contributed by atoms with van der Waals surface area (Å²) in [5.41, 5.74) is 1.03. The molecule has 1 aromatic rings. The number of likely N-dealkylation sites (N-methyl/N-ethyl adjacent to an activating group) is 1. The number of aryl methyl sites for hydroxylation is 1. The zero-order valence-electron chi connectivity index (χ0n) is 16.3. The quantitative estimate of drug-likeness (QED) is 0.681. The number of hydrogen-bond acceptors (Lipinski definition) is 5. The third kappa shape index (κ3) is 3.46. The van der Waals surface area contributed by atoms with Crippen LogP contribution in [0, 0.1) is 0 Å². The fourth-order valence-electron chi connectivity index (χ4n) is 3.84. The van der Waals surface area contributed by atoms with Crippen molar-refractivity contribution in [3.05, 3.63) is 35.9 Å². The Labute approximate surface area is 164 Å². The van der Waals surface area contributed by atoms with Gasteiger partial charge in [-0.3, -0.25) is 9.59 Å². The Morgan fingerprint density at radius 2 is 1.86 bits per heavy atom. The summed E-state index contributed by atoms with van der Waals surface area (Å²) in [7, 11) is 1.55. The molecule has 3 rings (SSSR count). The predicted molar refractivity (Wildman–Crippen MR) is 100 cm³/mol. The standard InChI is InChI=1S/C20H25N3O5/c1-4-28-19(26)15(11-10-14-8-6-5-7-9-14)22-13(2)17(24)23-16(18(22)25)12-21(3)20(23)27/h5-9,13,15-16H,4,10-12H2,1-3H3/t13?,15-,16?/m0/s1. The van der Waals surface area contributed by atoms with Gasteiger partial charge in [-0.25, -0.2) is 14.5 Å². The van der Waals surface area contributed by atoms with Gasteiger partial charge in [0.2, 0.25) is 5.91 Å². The number of nitrogens with zero attached hydrogens (tertiary/aromatic N) is 3. The molecule has 8 heteroatoms. The van der Waals surface area contributed by atoms with Crippen LogP contribution in [-0.4, -0.2) is 76.8 Å². The Hall–Kier alpha value is -2.90. The van der Waals surface area contributed by atoms with E-state index in [4.69, 9.17) is 4.74 Å². The fourth-order valence-corrected chi connectivity index (χ4v) is 3.84. The van der Waals surface area contributed by atoms with E-state index in [0.29, 0.717) is 12.8 Å². The molecular formula is C20H25N3O5. The Morgan fingerprint density at radius 3 is 2.50 bits per heavy atom. The summed E-state index contributed by atoms with van der Waals surface area (Å²) >= 11 is 0. The third-order valence-corrected chi connectivity index (χ3v) is 5.29. The van der Waals surface area contributed by atoms with E-state index in [1.807, 2.05) is 30.3 Å². The first kappa shape index (κ1) is 19.9. The number of fused-ring (bicyclic) bond motifs is 1. The summed E-state index contributed by atoms with van der Waals surface area (Å²) in [5.74, 6) is -1.39. The highest BCUT2D eigenvalue weighted by atomic mass is 16.5. The van der Waals surface area contributed by atoms with Crippen LogP contribution >= 0.6 is 0 Å². The molecule has 0 spiro atoms. The number of urea groups is 1. The molecule has 0 aromatic heterocycles. The Balaban J connectivity index is 1.87. The van der Waals surface area contributed by atoms with Gasteiger partial charge in [0.05, 0.1) is 13.2 Å². The minimum atomic E-state index is -0.913. The number of amides is 4. The first-order chi connectivity index (χ1) is 13.4. The van der Waals surface area contributed by atoms with Gasteiger partial charge in [-0.05, 0) is 32.3 Å². The number of esters is 1. The van der Waals surface area contributed by atoms with E-state index in [0.717, 1.165) is 10.5 Å². The van der Waals surface area contributed by atoms with Crippen LogP contribution in [0.1, 0.15) is 25.8 Å². The molecule has 0 N–H and O–H groups in total. The molecule has 2 fully saturated rings. The average Bonchev–Trinajstić information content (AvgIpc) is 2.98. The SMILES string of the molecule is CCOC(=O)[C@H](CCc1ccccc1)N1C(=O)C2CN(C)C(=O)N2C(=O)C1C. The molecule has 2 unspecified atom stereocenters. The lowest BCUT2D eigenvalue weighted by atomic mass is 9.99. The van der Waals surface area contributed by atoms with Crippen LogP contribution in [0.15, 0.2) is 30.3 Å². The van der Waals surface area contributed by atoms with Crippen molar-refractivity contribution in [2.75, 3.05) is 20.2 Å². The van der Waals surface area contributed by atoms with Gasteiger partial charge in [-0.2, -0.15) is 0 Å². The van der Waals surface area contributed by atoms with Gasteiger partial charge in [0.25, 0.3) is 5.91 Å². The van der Waals surface area contributed by atoms with E-state index in [-0.39, 0.29) is 13.2 Å². The topological polar surface area (TPSA) is 87.2 Å². The number of carbonyl (C=O) groups excluding carboxylic acids is 4. The van der Waals surface area contributed by atoms with Crippen molar-refractivity contribution in [3.63, 3.8) is 0 Å². The molecule has 1 aromatic carbocycles. The van der Waals surface area contributed by atoms with E-state index in [2.05, 4.69) is 0 Å². The lowest BCUT2D eigenvalue weighted by Gasteiger charge is -2.42. The van der Waals surface area contributed by atoms with Gasteiger partial charge >= 0.3 is 12.0 Å². The minimum Gasteiger partial charge on any atom is -0.464 e. The van der Waals surface area contributed by atoms with E-state index >= 15 is 0 Å². The molecule has 2 heterocycles.